The molecule has 1 spiro atoms. The number of amides is 1. The average Bonchev–Trinajstić information content (AvgIpc) is 3.38. The van der Waals surface area contributed by atoms with Gasteiger partial charge in [-0.1, -0.05) is 35.5 Å². The van der Waals surface area contributed by atoms with Crippen LogP contribution in [0.4, 0.5) is 5.69 Å². The van der Waals surface area contributed by atoms with Gasteiger partial charge in [0.05, 0.1) is 10.6 Å². The van der Waals surface area contributed by atoms with E-state index in [1.54, 1.807) is 11.3 Å². The first-order chi connectivity index (χ1) is 13.5. The monoisotopic (exact) mass is 411 g/mol. The van der Waals surface area contributed by atoms with Gasteiger partial charge in [0.15, 0.2) is 5.66 Å². The van der Waals surface area contributed by atoms with Crippen LogP contribution in [0.2, 0.25) is 0 Å². The number of nitrogens with zero attached hydrogens (tertiary/aromatic N) is 2. The number of aliphatic imine (C=N–C) groups is 2. The predicted molar refractivity (Wildman–Crippen MR) is 121 cm³/mol. The number of anilines is 1. The Morgan fingerprint density at radius 1 is 1.18 bits per heavy atom. The number of carbonyl (C=O) groups is 1. The van der Waals surface area contributed by atoms with Crippen LogP contribution in [0.25, 0.3) is 0 Å². The molecule has 0 saturated heterocycles. The van der Waals surface area contributed by atoms with E-state index in [0.29, 0.717) is 5.75 Å². The van der Waals surface area contributed by atoms with Crippen molar-refractivity contribution in [1.82, 2.24) is 0 Å². The molecule has 1 fully saturated rings. The molecule has 1 aromatic heterocycles. The van der Waals surface area contributed by atoms with Crippen molar-refractivity contribution in [3.63, 3.8) is 0 Å². The van der Waals surface area contributed by atoms with Crippen LogP contribution in [-0.2, 0) is 4.79 Å². The molecular weight excluding hydrogens is 386 g/mol. The van der Waals surface area contributed by atoms with Gasteiger partial charge in [-0.15, -0.1) is 11.3 Å². The molecule has 2 aromatic rings. The number of aryl methyl sites for hydroxylation is 3. The number of rotatable bonds is 4. The fraction of sp³-hybridized carbons (Fsp3) is 0.409. The quantitative estimate of drug-likeness (QED) is 0.720. The van der Waals surface area contributed by atoms with E-state index in [-0.39, 0.29) is 11.6 Å². The summed E-state index contributed by atoms with van der Waals surface area (Å²) < 4.78 is 0. The topological polar surface area (TPSA) is 53.8 Å². The highest BCUT2D eigenvalue weighted by molar-refractivity contribution is 8.16. The van der Waals surface area contributed by atoms with E-state index in [9.17, 15) is 4.79 Å². The van der Waals surface area contributed by atoms with Crippen molar-refractivity contribution in [2.75, 3.05) is 11.1 Å². The van der Waals surface area contributed by atoms with Crippen LogP contribution >= 0.6 is 23.1 Å². The number of thioether (sulfide) groups is 1. The molecule has 28 heavy (non-hydrogen) atoms. The molecule has 1 N–H and O–H groups in total. The summed E-state index contributed by atoms with van der Waals surface area (Å²) in [6, 6.07) is 8.33. The summed E-state index contributed by atoms with van der Waals surface area (Å²) >= 11 is 3.19. The fourth-order valence-electron chi connectivity index (χ4n) is 4.05. The largest absolute Gasteiger partial charge is 0.325 e. The first kappa shape index (κ1) is 19.4. The second-order valence-electron chi connectivity index (χ2n) is 7.65. The predicted octanol–water partition coefficient (Wildman–Crippen LogP) is 5.52. The van der Waals surface area contributed by atoms with Crippen LogP contribution in [0.3, 0.4) is 0 Å². The minimum Gasteiger partial charge on any atom is -0.325 e. The molecule has 0 radical (unpaired) electrons. The van der Waals surface area contributed by atoms with Gasteiger partial charge in [-0.25, -0.2) is 4.99 Å². The lowest BCUT2D eigenvalue weighted by molar-refractivity contribution is -0.113. The zero-order valence-electron chi connectivity index (χ0n) is 16.5. The molecule has 4 nitrogen and oxygen atoms in total. The Balaban J connectivity index is 1.48. The second kappa shape index (κ2) is 7.84. The number of thiophene rings is 1. The Morgan fingerprint density at radius 3 is 2.54 bits per heavy atom. The summed E-state index contributed by atoms with van der Waals surface area (Å²) in [5.74, 6) is 0.340. The normalized spacial score (nSPS) is 17.7. The number of benzene rings is 1. The van der Waals surface area contributed by atoms with E-state index in [2.05, 4.69) is 35.8 Å². The minimum atomic E-state index is -0.276. The average molecular weight is 412 g/mol. The first-order valence-corrected chi connectivity index (χ1v) is 11.6. The molecule has 6 heteroatoms. The van der Waals surface area contributed by atoms with Gasteiger partial charge in [-0.2, -0.15) is 0 Å². The molecule has 1 amide bonds. The summed E-state index contributed by atoms with van der Waals surface area (Å²) in [7, 11) is 0. The van der Waals surface area contributed by atoms with Crippen molar-refractivity contribution in [2.24, 2.45) is 9.98 Å². The Labute approximate surface area is 174 Å². The lowest BCUT2D eigenvalue weighted by atomic mass is 10.1. The van der Waals surface area contributed by atoms with Gasteiger partial charge in [0.25, 0.3) is 0 Å². The van der Waals surface area contributed by atoms with Crippen molar-refractivity contribution < 1.29 is 4.79 Å². The maximum Gasteiger partial charge on any atom is 0.234 e. The first-order valence-electron chi connectivity index (χ1n) is 9.70. The molecule has 0 bridgehead atoms. The van der Waals surface area contributed by atoms with Gasteiger partial charge in [-0.3, -0.25) is 9.79 Å². The molecule has 0 unspecified atom stereocenters. The van der Waals surface area contributed by atoms with Gasteiger partial charge in [-0.05, 0) is 69.0 Å². The van der Waals surface area contributed by atoms with Gasteiger partial charge in [0, 0.05) is 5.69 Å². The van der Waals surface area contributed by atoms with E-state index in [4.69, 9.17) is 9.98 Å². The fourth-order valence-corrected chi connectivity index (χ4v) is 5.69. The standard InChI is InChI=1S/C22H25N3OS2/c1-14-11-15(2)19(16(3)12-14)23-18(26)13-28-21-20(17-7-6-10-27-17)24-22(25-21)8-4-5-9-22/h6-7,10-12H,4-5,8-9,13H2,1-3H3,(H,23,26). The van der Waals surface area contributed by atoms with Gasteiger partial charge < -0.3 is 5.32 Å². The molecule has 1 saturated carbocycles. The maximum atomic E-state index is 12.6. The van der Waals surface area contributed by atoms with E-state index in [0.717, 1.165) is 45.3 Å². The molecule has 0 atom stereocenters. The third-order valence-corrected chi connectivity index (χ3v) is 7.11. The highest BCUT2D eigenvalue weighted by Gasteiger charge is 2.39. The molecule has 146 valence electrons. The van der Waals surface area contributed by atoms with Gasteiger partial charge in [0.2, 0.25) is 5.91 Å². The number of hydrogen-bond acceptors (Lipinski definition) is 5. The van der Waals surface area contributed by atoms with E-state index in [1.807, 2.05) is 19.9 Å². The molecular formula is C22H25N3OS2. The molecule has 2 aliphatic rings. The number of nitrogens with one attached hydrogen (secondary N) is 1. The molecule has 1 aliphatic carbocycles. The summed E-state index contributed by atoms with van der Waals surface area (Å²) in [5, 5.41) is 6.07. The van der Waals surface area contributed by atoms with Crippen LogP contribution in [0.5, 0.6) is 0 Å². The van der Waals surface area contributed by atoms with Gasteiger partial charge >= 0.3 is 0 Å². The third kappa shape index (κ3) is 3.94. The molecule has 4 rings (SSSR count). The summed E-state index contributed by atoms with van der Waals surface area (Å²) in [4.78, 5) is 23.8. The second-order valence-corrected chi connectivity index (χ2v) is 9.57. The zero-order valence-corrected chi connectivity index (χ0v) is 18.2. The molecule has 1 aromatic carbocycles. The Kier molecular flexibility index (Phi) is 5.43. The Morgan fingerprint density at radius 2 is 1.89 bits per heavy atom. The smallest absolute Gasteiger partial charge is 0.234 e. The maximum absolute atomic E-state index is 12.6. The number of carbonyl (C=O) groups excluding carboxylic acids is 1. The third-order valence-electron chi connectivity index (χ3n) is 5.27. The van der Waals surface area contributed by atoms with E-state index in [1.165, 1.54) is 30.2 Å². The van der Waals surface area contributed by atoms with E-state index >= 15 is 0 Å². The van der Waals surface area contributed by atoms with Crippen molar-refractivity contribution in [3.8, 4) is 0 Å². The van der Waals surface area contributed by atoms with Crippen molar-refractivity contribution in [1.29, 1.82) is 0 Å². The Hall–Kier alpha value is -1.92. The highest BCUT2D eigenvalue weighted by Crippen LogP contribution is 2.40. The lowest BCUT2D eigenvalue weighted by Gasteiger charge is -2.14. The van der Waals surface area contributed by atoms with Crippen LogP contribution in [0, 0.1) is 20.8 Å². The summed E-state index contributed by atoms with van der Waals surface area (Å²) in [5.41, 5.74) is 5.02. The number of hydrogen-bond donors (Lipinski definition) is 1. The van der Waals surface area contributed by atoms with Crippen molar-refractivity contribution in [2.45, 2.75) is 52.1 Å². The SMILES string of the molecule is Cc1cc(C)c(NC(=O)CSC2=NC3(CCCC3)N=C2c2cccs2)c(C)c1. The molecule has 2 heterocycles. The van der Waals surface area contributed by atoms with Crippen molar-refractivity contribution >= 4 is 45.4 Å². The summed E-state index contributed by atoms with van der Waals surface area (Å²) in [6.45, 7) is 6.15. The Bertz CT molecular complexity index is 931. The lowest BCUT2D eigenvalue weighted by Crippen LogP contribution is -2.18. The van der Waals surface area contributed by atoms with Crippen molar-refractivity contribution in [3.05, 3.63) is 51.2 Å². The van der Waals surface area contributed by atoms with Crippen LogP contribution in [-0.4, -0.2) is 28.1 Å². The van der Waals surface area contributed by atoms with Crippen LogP contribution < -0.4 is 5.32 Å². The van der Waals surface area contributed by atoms with E-state index < -0.39 is 0 Å². The highest BCUT2D eigenvalue weighted by atomic mass is 32.2. The summed E-state index contributed by atoms with van der Waals surface area (Å²) in [6.07, 6.45) is 4.38. The minimum absolute atomic E-state index is 0.000606. The zero-order chi connectivity index (χ0) is 19.7. The van der Waals surface area contributed by atoms with Gasteiger partial charge in [0.1, 0.15) is 10.8 Å². The van der Waals surface area contributed by atoms with Crippen LogP contribution in [0.15, 0.2) is 39.6 Å². The van der Waals surface area contributed by atoms with Crippen LogP contribution in [0.1, 0.15) is 47.3 Å². The molecule has 1 aliphatic heterocycles.